The van der Waals surface area contributed by atoms with Gasteiger partial charge in [0.15, 0.2) is 0 Å². The molecule has 0 radical (unpaired) electrons. The summed E-state index contributed by atoms with van der Waals surface area (Å²) in [6.45, 7) is 0. The topological polar surface area (TPSA) is 50.9 Å². The van der Waals surface area contributed by atoms with Gasteiger partial charge in [-0.05, 0) is 18.2 Å². The number of aromatic nitrogens is 3. The van der Waals surface area contributed by atoms with Crippen LogP contribution >= 0.6 is 0 Å². The van der Waals surface area contributed by atoms with E-state index in [1.807, 2.05) is 31.3 Å². The van der Waals surface area contributed by atoms with Gasteiger partial charge in [-0.2, -0.15) is 5.10 Å². The number of nitrogens with zero attached hydrogens (tertiary/aromatic N) is 3. The van der Waals surface area contributed by atoms with Crippen LogP contribution in [0, 0.1) is 0 Å². The molecule has 0 amide bonds. The van der Waals surface area contributed by atoms with Crippen LogP contribution in [0.15, 0.2) is 36.7 Å². The summed E-state index contributed by atoms with van der Waals surface area (Å²) in [6, 6.07) is 7.49. The molecule has 0 fully saturated rings. The molecule has 0 saturated heterocycles. The van der Waals surface area contributed by atoms with Crippen molar-refractivity contribution in [2.24, 2.45) is 7.05 Å². The summed E-state index contributed by atoms with van der Waals surface area (Å²) in [5, 5.41) is 14.0. The quantitative estimate of drug-likeness (QED) is 0.812. The molecule has 0 aliphatic heterocycles. The van der Waals surface area contributed by atoms with Gasteiger partial charge in [-0.25, -0.2) is 0 Å². The Balaban J connectivity index is 2.11. The molecule has 2 aromatic heterocycles. The molecular weight excluding hydrogens is 190 g/mol. The maximum absolute atomic E-state index is 9.94. The number of aliphatic hydroxyl groups excluding tert-OH is 1. The Labute approximate surface area is 88.2 Å². The molecule has 0 aliphatic rings. The standard InChI is InChI=1S/C11H13N3O/c1-14-10(5-7-13-14)11(15)8-9-4-2-3-6-12-9/h2-7,11,15H,8H2,1H3. The van der Waals surface area contributed by atoms with E-state index < -0.39 is 6.10 Å². The van der Waals surface area contributed by atoms with E-state index in [4.69, 9.17) is 0 Å². The molecule has 0 aliphatic carbocycles. The van der Waals surface area contributed by atoms with Gasteiger partial charge in [0.05, 0.1) is 5.69 Å². The molecule has 0 saturated carbocycles. The second-order valence-corrected chi connectivity index (χ2v) is 3.42. The highest BCUT2D eigenvalue weighted by molar-refractivity contribution is 5.10. The minimum atomic E-state index is -0.549. The maximum Gasteiger partial charge on any atom is 0.101 e. The Bertz CT molecular complexity index is 424. The smallest absolute Gasteiger partial charge is 0.101 e. The number of aryl methyl sites for hydroxylation is 1. The summed E-state index contributed by atoms with van der Waals surface area (Å²) in [6.07, 6.45) is 3.37. The van der Waals surface area contributed by atoms with Gasteiger partial charge in [0.2, 0.25) is 0 Å². The van der Waals surface area contributed by atoms with Crippen molar-refractivity contribution in [3.63, 3.8) is 0 Å². The molecule has 0 bridgehead atoms. The van der Waals surface area contributed by atoms with Crippen LogP contribution in [0.25, 0.3) is 0 Å². The summed E-state index contributed by atoms with van der Waals surface area (Å²) >= 11 is 0. The Hall–Kier alpha value is -1.68. The highest BCUT2D eigenvalue weighted by Crippen LogP contribution is 2.15. The van der Waals surface area contributed by atoms with Crippen molar-refractivity contribution in [3.05, 3.63) is 48.0 Å². The van der Waals surface area contributed by atoms with Gasteiger partial charge in [0.1, 0.15) is 6.10 Å². The molecule has 0 spiro atoms. The fourth-order valence-electron chi connectivity index (χ4n) is 1.53. The normalized spacial score (nSPS) is 12.7. The first-order chi connectivity index (χ1) is 7.27. The average molecular weight is 203 g/mol. The fraction of sp³-hybridized carbons (Fsp3) is 0.273. The highest BCUT2D eigenvalue weighted by atomic mass is 16.3. The van der Waals surface area contributed by atoms with Gasteiger partial charge in [-0.3, -0.25) is 9.67 Å². The average Bonchev–Trinajstić information content (AvgIpc) is 2.66. The van der Waals surface area contributed by atoms with Crippen LogP contribution in [0.1, 0.15) is 17.5 Å². The predicted octanol–water partition coefficient (Wildman–Crippen LogP) is 1.09. The maximum atomic E-state index is 9.94. The summed E-state index contributed by atoms with van der Waals surface area (Å²) in [4.78, 5) is 4.17. The third-order valence-corrected chi connectivity index (χ3v) is 2.33. The first kappa shape index (κ1) is 9.86. The van der Waals surface area contributed by atoms with Crippen molar-refractivity contribution in [2.45, 2.75) is 12.5 Å². The van der Waals surface area contributed by atoms with E-state index in [0.717, 1.165) is 11.4 Å². The van der Waals surface area contributed by atoms with Crippen LogP contribution in [-0.4, -0.2) is 19.9 Å². The van der Waals surface area contributed by atoms with Gasteiger partial charge in [-0.15, -0.1) is 0 Å². The van der Waals surface area contributed by atoms with Gasteiger partial charge in [0.25, 0.3) is 0 Å². The first-order valence-electron chi connectivity index (χ1n) is 4.83. The Morgan fingerprint density at radius 3 is 2.80 bits per heavy atom. The van der Waals surface area contributed by atoms with E-state index in [1.54, 1.807) is 17.1 Å². The predicted molar refractivity (Wildman–Crippen MR) is 56.1 cm³/mol. The van der Waals surface area contributed by atoms with Crippen LogP contribution in [0.2, 0.25) is 0 Å². The van der Waals surface area contributed by atoms with E-state index in [-0.39, 0.29) is 0 Å². The molecule has 1 unspecified atom stereocenters. The number of rotatable bonds is 3. The second-order valence-electron chi connectivity index (χ2n) is 3.42. The van der Waals surface area contributed by atoms with Crippen LogP contribution in [0.4, 0.5) is 0 Å². The summed E-state index contributed by atoms with van der Waals surface area (Å²) in [7, 11) is 1.82. The van der Waals surface area contributed by atoms with Crippen molar-refractivity contribution >= 4 is 0 Å². The molecule has 1 atom stereocenters. The van der Waals surface area contributed by atoms with Crippen molar-refractivity contribution in [3.8, 4) is 0 Å². The van der Waals surface area contributed by atoms with Crippen molar-refractivity contribution in [1.82, 2.24) is 14.8 Å². The van der Waals surface area contributed by atoms with Gasteiger partial charge in [-0.1, -0.05) is 6.07 Å². The molecule has 0 aromatic carbocycles. The number of pyridine rings is 1. The van der Waals surface area contributed by atoms with Crippen LogP contribution in [0.3, 0.4) is 0 Å². The lowest BCUT2D eigenvalue weighted by Gasteiger charge is -2.09. The first-order valence-corrected chi connectivity index (χ1v) is 4.83. The lowest BCUT2D eigenvalue weighted by molar-refractivity contribution is 0.167. The molecule has 2 rings (SSSR count). The third-order valence-electron chi connectivity index (χ3n) is 2.33. The zero-order valence-corrected chi connectivity index (χ0v) is 8.54. The Morgan fingerprint density at radius 1 is 1.33 bits per heavy atom. The monoisotopic (exact) mass is 203 g/mol. The third kappa shape index (κ3) is 2.22. The van der Waals surface area contributed by atoms with Crippen LogP contribution in [0.5, 0.6) is 0 Å². The van der Waals surface area contributed by atoms with E-state index in [9.17, 15) is 5.11 Å². The largest absolute Gasteiger partial charge is 0.386 e. The summed E-state index contributed by atoms with van der Waals surface area (Å²) < 4.78 is 1.67. The highest BCUT2D eigenvalue weighted by Gasteiger charge is 2.12. The Morgan fingerprint density at radius 2 is 2.20 bits per heavy atom. The van der Waals surface area contributed by atoms with Crippen LogP contribution < -0.4 is 0 Å². The van der Waals surface area contributed by atoms with E-state index >= 15 is 0 Å². The molecule has 2 aromatic rings. The summed E-state index contributed by atoms with van der Waals surface area (Å²) in [5.41, 5.74) is 1.69. The van der Waals surface area contributed by atoms with E-state index in [0.29, 0.717) is 6.42 Å². The van der Waals surface area contributed by atoms with Gasteiger partial charge >= 0.3 is 0 Å². The Kier molecular flexibility index (Phi) is 2.78. The van der Waals surface area contributed by atoms with E-state index in [1.165, 1.54) is 0 Å². The molecule has 15 heavy (non-hydrogen) atoms. The van der Waals surface area contributed by atoms with Crippen molar-refractivity contribution in [1.29, 1.82) is 0 Å². The van der Waals surface area contributed by atoms with Crippen molar-refractivity contribution < 1.29 is 5.11 Å². The second kappa shape index (κ2) is 4.23. The van der Waals surface area contributed by atoms with Gasteiger partial charge < -0.3 is 5.11 Å². The SMILES string of the molecule is Cn1nccc1C(O)Cc1ccccn1. The number of aliphatic hydroxyl groups is 1. The van der Waals surface area contributed by atoms with Gasteiger partial charge in [0, 0.05) is 31.6 Å². The molecule has 4 nitrogen and oxygen atoms in total. The molecule has 78 valence electrons. The van der Waals surface area contributed by atoms with Crippen LogP contribution in [-0.2, 0) is 13.5 Å². The lowest BCUT2D eigenvalue weighted by atomic mass is 10.1. The summed E-state index contributed by atoms with van der Waals surface area (Å²) in [5.74, 6) is 0. The fourth-order valence-corrected chi connectivity index (χ4v) is 1.53. The molecule has 2 heterocycles. The molecular formula is C11H13N3O. The lowest BCUT2D eigenvalue weighted by Crippen LogP contribution is -2.08. The number of hydrogen-bond acceptors (Lipinski definition) is 3. The van der Waals surface area contributed by atoms with Crippen molar-refractivity contribution in [2.75, 3.05) is 0 Å². The number of hydrogen-bond donors (Lipinski definition) is 1. The van der Waals surface area contributed by atoms with E-state index in [2.05, 4.69) is 10.1 Å². The minimum Gasteiger partial charge on any atom is -0.386 e. The zero-order valence-electron chi connectivity index (χ0n) is 8.54. The zero-order chi connectivity index (χ0) is 10.7. The minimum absolute atomic E-state index is 0.514. The molecule has 1 N–H and O–H groups in total. The molecule has 4 heteroatoms.